The molecule has 13 heavy (non-hydrogen) atoms. The Morgan fingerprint density at radius 2 is 2.31 bits per heavy atom. The summed E-state index contributed by atoms with van der Waals surface area (Å²) in [6.45, 7) is 1.18. The molecule has 0 heterocycles. The number of rotatable bonds is 3. The second-order valence-corrected chi connectivity index (χ2v) is 2.93. The third-order valence-electron chi connectivity index (χ3n) is 1.56. The predicted octanol–water partition coefficient (Wildman–Crippen LogP) is 1.58. The van der Waals surface area contributed by atoms with Crippen molar-refractivity contribution in [2.45, 2.75) is 0 Å². The van der Waals surface area contributed by atoms with E-state index in [1.54, 1.807) is 18.2 Å². The van der Waals surface area contributed by atoms with Crippen LogP contribution >= 0.6 is 11.6 Å². The number of nitrogens with zero attached hydrogens (tertiary/aromatic N) is 1. The maximum atomic E-state index is 8.63. The zero-order chi connectivity index (χ0) is 9.68. The molecule has 0 fully saturated rings. The first-order valence-electron chi connectivity index (χ1n) is 3.91. The summed E-state index contributed by atoms with van der Waals surface area (Å²) in [4.78, 5) is 0. The normalized spacial score (nSPS) is 9.31. The molecule has 0 aromatic heterocycles. The summed E-state index contributed by atoms with van der Waals surface area (Å²) in [5.41, 5.74) is 6.67. The first-order chi connectivity index (χ1) is 6.27. The first-order valence-corrected chi connectivity index (χ1v) is 4.29. The summed E-state index contributed by atoms with van der Waals surface area (Å²) >= 11 is 5.88. The van der Waals surface area contributed by atoms with Gasteiger partial charge in [-0.2, -0.15) is 5.26 Å². The molecule has 68 valence electrons. The van der Waals surface area contributed by atoms with Crippen molar-refractivity contribution in [1.29, 1.82) is 5.26 Å². The van der Waals surface area contributed by atoms with Crippen molar-refractivity contribution in [3.05, 3.63) is 28.8 Å². The monoisotopic (exact) mass is 195 g/mol. The molecule has 1 aromatic rings. The first kappa shape index (κ1) is 9.85. The number of nitriles is 1. The minimum absolute atomic E-state index is 0.535. The van der Waals surface area contributed by atoms with Crippen molar-refractivity contribution < 1.29 is 0 Å². The summed E-state index contributed by atoms with van der Waals surface area (Å²) in [6, 6.07) is 7.12. The fourth-order valence-electron chi connectivity index (χ4n) is 0.937. The predicted molar refractivity (Wildman–Crippen MR) is 53.7 cm³/mol. The van der Waals surface area contributed by atoms with E-state index in [0.29, 0.717) is 23.7 Å². The Morgan fingerprint density at radius 3 is 2.92 bits per heavy atom. The Balaban J connectivity index is 2.85. The Labute approximate surface area is 82.1 Å². The van der Waals surface area contributed by atoms with Crippen molar-refractivity contribution in [3.63, 3.8) is 0 Å². The van der Waals surface area contributed by atoms with Crippen molar-refractivity contribution >= 4 is 17.3 Å². The lowest BCUT2D eigenvalue weighted by Gasteiger charge is -2.06. The number of benzene rings is 1. The van der Waals surface area contributed by atoms with Crippen LogP contribution in [-0.4, -0.2) is 13.1 Å². The van der Waals surface area contributed by atoms with E-state index in [1.165, 1.54) is 0 Å². The maximum Gasteiger partial charge on any atom is 0.0992 e. The van der Waals surface area contributed by atoms with Gasteiger partial charge in [0.1, 0.15) is 0 Å². The Bertz CT molecular complexity index is 330. The largest absolute Gasteiger partial charge is 0.383 e. The highest BCUT2D eigenvalue weighted by Gasteiger charge is 1.99. The molecule has 0 aliphatic heterocycles. The molecule has 3 N–H and O–H groups in total. The van der Waals surface area contributed by atoms with E-state index in [4.69, 9.17) is 22.6 Å². The van der Waals surface area contributed by atoms with Gasteiger partial charge >= 0.3 is 0 Å². The molecule has 0 saturated carbocycles. The Hall–Kier alpha value is -1.24. The number of nitrogens with two attached hydrogens (primary N) is 1. The van der Waals surface area contributed by atoms with Crippen LogP contribution in [-0.2, 0) is 0 Å². The van der Waals surface area contributed by atoms with Gasteiger partial charge in [-0.15, -0.1) is 0 Å². The third-order valence-corrected chi connectivity index (χ3v) is 1.88. The van der Waals surface area contributed by atoms with E-state index in [2.05, 4.69) is 5.32 Å². The fourth-order valence-corrected chi connectivity index (χ4v) is 1.12. The second kappa shape index (κ2) is 4.70. The average molecular weight is 196 g/mol. The molecular weight excluding hydrogens is 186 g/mol. The van der Waals surface area contributed by atoms with Crippen molar-refractivity contribution in [3.8, 4) is 6.07 Å². The zero-order valence-corrected chi connectivity index (χ0v) is 7.80. The number of hydrogen-bond donors (Lipinski definition) is 2. The van der Waals surface area contributed by atoms with E-state index < -0.39 is 0 Å². The van der Waals surface area contributed by atoms with Gasteiger partial charge in [0.2, 0.25) is 0 Å². The average Bonchev–Trinajstić information content (AvgIpc) is 2.17. The molecule has 1 rings (SSSR count). The molecule has 1 aromatic carbocycles. The van der Waals surface area contributed by atoms with E-state index in [9.17, 15) is 0 Å². The van der Waals surface area contributed by atoms with Gasteiger partial charge in [-0.1, -0.05) is 11.6 Å². The van der Waals surface area contributed by atoms with Gasteiger partial charge < -0.3 is 11.1 Å². The van der Waals surface area contributed by atoms with Crippen LogP contribution in [0.25, 0.3) is 0 Å². The minimum atomic E-state index is 0.535. The lowest BCUT2D eigenvalue weighted by atomic mass is 10.2. The highest BCUT2D eigenvalue weighted by Crippen LogP contribution is 2.22. The minimum Gasteiger partial charge on any atom is -0.383 e. The quantitative estimate of drug-likeness (QED) is 0.770. The van der Waals surface area contributed by atoms with Gasteiger partial charge in [-0.3, -0.25) is 0 Å². The van der Waals surface area contributed by atoms with Crippen LogP contribution in [0.5, 0.6) is 0 Å². The van der Waals surface area contributed by atoms with Gasteiger partial charge in [0, 0.05) is 13.1 Å². The number of anilines is 1. The second-order valence-electron chi connectivity index (χ2n) is 2.52. The van der Waals surface area contributed by atoms with Crippen LogP contribution in [0.4, 0.5) is 5.69 Å². The molecule has 4 heteroatoms. The number of nitrogens with one attached hydrogen (secondary N) is 1. The van der Waals surface area contributed by atoms with Crippen LogP contribution in [0.1, 0.15) is 5.56 Å². The summed E-state index contributed by atoms with van der Waals surface area (Å²) in [5.74, 6) is 0. The van der Waals surface area contributed by atoms with Gasteiger partial charge in [0.05, 0.1) is 22.3 Å². The molecule has 0 radical (unpaired) electrons. The lowest BCUT2D eigenvalue weighted by Crippen LogP contribution is -2.13. The van der Waals surface area contributed by atoms with Crippen LogP contribution in [0.2, 0.25) is 5.02 Å². The van der Waals surface area contributed by atoms with Crippen molar-refractivity contribution in [2.24, 2.45) is 5.73 Å². The van der Waals surface area contributed by atoms with Crippen LogP contribution in [0.3, 0.4) is 0 Å². The summed E-state index contributed by atoms with van der Waals surface area (Å²) in [6.07, 6.45) is 0. The molecular formula is C9H10ClN3. The number of hydrogen-bond acceptors (Lipinski definition) is 3. The number of halogens is 1. The van der Waals surface area contributed by atoms with E-state index in [1.807, 2.05) is 6.07 Å². The van der Waals surface area contributed by atoms with Gasteiger partial charge in [0.25, 0.3) is 0 Å². The van der Waals surface area contributed by atoms with E-state index >= 15 is 0 Å². The summed E-state index contributed by atoms with van der Waals surface area (Å²) in [5, 5.41) is 12.3. The van der Waals surface area contributed by atoms with Crippen LogP contribution in [0, 0.1) is 11.3 Å². The molecule has 0 aliphatic carbocycles. The highest BCUT2D eigenvalue weighted by atomic mass is 35.5. The molecule has 0 amide bonds. The van der Waals surface area contributed by atoms with Crippen molar-refractivity contribution in [2.75, 3.05) is 18.4 Å². The molecule has 0 unspecified atom stereocenters. The molecule has 0 atom stereocenters. The van der Waals surface area contributed by atoms with E-state index in [-0.39, 0.29) is 0 Å². The van der Waals surface area contributed by atoms with Crippen LogP contribution in [0.15, 0.2) is 18.2 Å². The molecule has 3 nitrogen and oxygen atoms in total. The van der Waals surface area contributed by atoms with Gasteiger partial charge in [0.15, 0.2) is 0 Å². The highest BCUT2D eigenvalue weighted by molar-refractivity contribution is 6.33. The summed E-state index contributed by atoms with van der Waals surface area (Å²) < 4.78 is 0. The Kier molecular flexibility index (Phi) is 3.56. The van der Waals surface area contributed by atoms with Gasteiger partial charge in [-0.05, 0) is 18.2 Å². The Morgan fingerprint density at radius 1 is 1.54 bits per heavy atom. The zero-order valence-electron chi connectivity index (χ0n) is 7.05. The van der Waals surface area contributed by atoms with Crippen LogP contribution < -0.4 is 11.1 Å². The third kappa shape index (κ3) is 2.62. The molecule has 0 aliphatic rings. The topological polar surface area (TPSA) is 61.8 Å². The standard InChI is InChI=1S/C9H10ClN3/c10-8-2-1-7(6-12)5-9(8)13-4-3-11/h1-2,5,13H,3-4,11H2. The van der Waals surface area contributed by atoms with Crippen molar-refractivity contribution in [1.82, 2.24) is 0 Å². The SMILES string of the molecule is N#Cc1ccc(Cl)c(NCCN)c1. The molecule has 0 bridgehead atoms. The lowest BCUT2D eigenvalue weighted by molar-refractivity contribution is 1.02. The van der Waals surface area contributed by atoms with Gasteiger partial charge in [-0.25, -0.2) is 0 Å². The fraction of sp³-hybridized carbons (Fsp3) is 0.222. The maximum absolute atomic E-state index is 8.63. The van der Waals surface area contributed by atoms with E-state index in [0.717, 1.165) is 5.69 Å². The molecule has 0 saturated heterocycles. The molecule has 0 spiro atoms. The smallest absolute Gasteiger partial charge is 0.0992 e. The summed E-state index contributed by atoms with van der Waals surface area (Å²) in [7, 11) is 0.